The Morgan fingerprint density at radius 2 is 2.09 bits per heavy atom. The van der Waals surface area contributed by atoms with E-state index in [2.05, 4.69) is 15.9 Å². The number of nitriles is 1. The molecule has 0 radical (unpaired) electrons. The molecule has 0 spiro atoms. The first-order valence-electron chi connectivity index (χ1n) is 6.22. The molecular formula is C13H14BrFN2O4S. The molecule has 6 nitrogen and oxygen atoms in total. The number of rotatable bonds is 6. The Morgan fingerprint density at radius 1 is 1.50 bits per heavy atom. The monoisotopic (exact) mass is 392 g/mol. The molecule has 0 aliphatic carbocycles. The lowest BCUT2D eigenvalue weighted by atomic mass is 10.1. The lowest BCUT2D eigenvalue weighted by molar-refractivity contribution is -0.139. The number of sulfonamides is 1. The Bertz CT molecular complexity index is 728. The minimum Gasteiger partial charge on any atom is -0.480 e. The van der Waals surface area contributed by atoms with Gasteiger partial charge in [-0.3, -0.25) is 4.79 Å². The van der Waals surface area contributed by atoms with Crippen LogP contribution in [-0.2, 0) is 14.8 Å². The highest BCUT2D eigenvalue weighted by molar-refractivity contribution is 9.10. The Balaban J connectivity index is 3.22. The zero-order valence-electron chi connectivity index (χ0n) is 11.8. The van der Waals surface area contributed by atoms with Gasteiger partial charge in [-0.05, 0) is 40.4 Å². The van der Waals surface area contributed by atoms with Crippen molar-refractivity contribution < 1.29 is 22.7 Å². The molecule has 0 saturated carbocycles. The number of carboxylic acids is 1. The van der Waals surface area contributed by atoms with Gasteiger partial charge in [0.1, 0.15) is 22.8 Å². The van der Waals surface area contributed by atoms with E-state index in [1.54, 1.807) is 19.9 Å². The standard InChI is InChI=1S/C13H14BrFN2O4S/c1-7(2)3-11(13(18)19)17-22(20,21)12-5-9(14)8(6-16)4-10(12)15/h4-5,7,11,17H,3H2,1-2H3,(H,18,19)/t11-/m1/s1. The molecule has 22 heavy (non-hydrogen) atoms. The lowest BCUT2D eigenvalue weighted by Crippen LogP contribution is -2.41. The van der Waals surface area contributed by atoms with Crippen molar-refractivity contribution in [2.24, 2.45) is 5.92 Å². The number of hydrogen-bond donors (Lipinski definition) is 2. The third-order valence-corrected chi connectivity index (χ3v) is 4.88. The molecule has 0 fully saturated rings. The summed E-state index contributed by atoms with van der Waals surface area (Å²) in [6, 6.07) is 2.05. The molecule has 0 aromatic heterocycles. The normalized spacial score (nSPS) is 12.9. The van der Waals surface area contributed by atoms with Crippen LogP contribution in [0.4, 0.5) is 4.39 Å². The van der Waals surface area contributed by atoms with Gasteiger partial charge in [-0.15, -0.1) is 0 Å². The van der Waals surface area contributed by atoms with Crippen LogP contribution in [-0.4, -0.2) is 25.5 Å². The summed E-state index contributed by atoms with van der Waals surface area (Å²) in [6.45, 7) is 3.48. The van der Waals surface area contributed by atoms with Gasteiger partial charge in [0.25, 0.3) is 0 Å². The summed E-state index contributed by atoms with van der Waals surface area (Å²) in [5, 5.41) is 17.8. The topological polar surface area (TPSA) is 107 Å². The maximum atomic E-state index is 13.9. The largest absolute Gasteiger partial charge is 0.480 e. The van der Waals surface area contributed by atoms with Crippen molar-refractivity contribution in [3.63, 3.8) is 0 Å². The molecule has 1 rings (SSSR count). The summed E-state index contributed by atoms with van der Waals surface area (Å²) < 4.78 is 40.3. The maximum Gasteiger partial charge on any atom is 0.321 e. The second-order valence-corrected chi connectivity index (χ2v) is 7.55. The van der Waals surface area contributed by atoms with Crippen LogP contribution in [0.5, 0.6) is 0 Å². The molecule has 0 aliphatic rings. The van der Waals surface area contributed by atoms with E-state index in [4.69, 9.17) is 10.4 Å². The number of carboxylic acid groups (broad SMARTS) is 1. The highest BCUT2D eigenvalue weighted by Crippen LogP contribution is 2.24. The van der Waals surface area contributed by atoms with Crippen LogP contribution in [0.3, 0.4) is 0 Å². The van der Waals surface area contributed by atoms with Gasteiger partial charge in [0.05, 0.1) is 5.56 Å². The van der Waals surface area contributed by atoms with Crippen molar-refractivity contribution in [3.8, 4) is 6.07 Å². The molecule has 0 saturated heterocycles. The van der Waals surface area contributed by atoms with Gasteiger partial charge in [-0.2, -0.15) is 9.98 Å². The van der Waals surface area contributed by atoms with Gasteiger partial charge < -0.3 is 5.11 Å². The van der Waals surface area contributed by atoms with E-state index in [9.17, 15) is 17.6 Å². The average molecular weight is 393 g/mol. The first-order valence-corrected chi connectivity index (χ1v) is 8.50. The number of nitrogens with zero attached hydrogens (tertiary/aromatic N) is 1. The Hall–Kier alpha value is -1.50. The molecule has 1 aromatic rings. The summed E-state index contributed by atoms with van der Waals surface area (Å²) in [5.74, 6) is -2.53. The summed E-state index contributed by atoms with van der Waals surface area (Å²) in [4.78, 5) is 10.4. The Kier molecular flexibility index (Phi) is 6.05. The number of benzene rings is 1. The fourth-order valence-corrected chi connectivity index (χ4v) is 3.61. The van der Waals surface area contributed by atoms with Gasteiger partial charge >= 0.3 is 5.97 Å². The van der Waals surface area contributed by atoms with Crippen molar-refractivity contribution in [2.75, 3.05) is 0 Å². The molecule has 0 aliphatic heterocycles. The van der Waals surface area contributed by atoms with E-state index in [0.717, 1.165) is 12.1 Å². The van der Waals surface area contributed by atoms with Crippen molar-refractivity contribution in [2.45, 2.75) is 31.2 Å². The quantitative estimate of drug-likeness (QED) is 0.771. The molecule has 0 amide bonds. The minimum absolute atomic E-state index is 0.0617. The van der Waals surface area contributed by atoms with E-state index >= 15 is 0 Å². The number of halogens is 2. The number of hydrogen-bond acceptors (Lipinski definition) is 4. The van der Waals surface area contributed by atoms with E-state index in [1.165, 1.54) is 0 Å². The van der Waals surface area contributed by atoms with Gasteiger partial charge in [0.2, 0.25) is 10.0 Å². The first kappa shape index (κ1) is 18.5. The molecular weight excluding hydrogens is 379 g/mol. The molecule has 0 bridgehead atoms. The van der Waals surface area contributed by atoms with Gasteiger partial charge in [-0.1, -0.05) is 13.8 Å². The van der Waals surface area contributed by atoms with E-state index in [1.807, 2.05) is 4.72 Å². The molecule has 120 valence electrons. The van der Waals surface area contributed by atoms with Crippen LogP contribution in [0.25, 0.3) is 0 Å². The second-order valence-electron chi connectivity index (χ2n) is 5.02. The number of nitrogens with one attached hydrogen (secondary N) is 1. The third-order valence-electron chi connectivity index (χ3n) is 2.73. The summed E-state index contributed by atoms with van der Waals surface area (Å²) in [6.07, 6.45) is 0.0631. The highest BCUT2D eigenvalue weighted by atomic mass is 79.9. The van der Waals surface area contributed by atoms with Gasteiger partial charge in [-0.25, -0.2) is 12.8 Å². The minimum atomic E-state index is -4.37. The van der Waals surface area contributed by atoms with Crippen LogP contribution in [0, 0.1) is 23.1 Å². The van der Waals surface area contributed by atoms with Crippen LogP contribution >= 0.6 is 15.9 Å². The molecule has 9 heteroatoms. The summed E-state index contributed by atoms with van der Waals surface area (Å²) in [7, 11) is -4.37. The predicted octanol–water partition coefficient (Wildman–Crippen LogP) is 2.24. The Morgan fingerprint density at radius 3 is 2.55 bits per heavy atom. The fourth-order valence-electron chi connectivity index (χ4n) is 1.74. The smallest absolute Gasteiger partial charge is 0.321 e. The van der Waals surface area contributed by atoms with Crippen molar-refractivity contribution >= 4 is 31.9 Å². The highest BCUT2D eigenvalue weighted by Gasteiger charge is 2.28. The van der Waals surface area contributed by atoms with E-state index < -0.39 is 32.7 Å². The molecule has 1 atom stereocenters. The average Bonchev–Trinajstić information content (AvgIpc) is 2.39. The van der Waals surface area contributed by atoms with Crippen LogP contribution in [0.1, 0.15) is 25.8 Å². The number of aliphatic carboxylic acids is 1. The zero-order valence-corrected chi connectivity index (χ0v) is 14.2. The maximum absolute atomic E-state index is 13.9. The molecule has 2 N–H and O–H groups in total. The van der Waals surface area contributed by atoms with Crippen LogP contribution in [0.2, 0.25) is 0 Å². The Labute approximate surface area is 136 Å². The second kappa shape index (κ2) is 7.17. The zero-order chi connectivity index (χ0) is 17.1. The van der Waals surface area contributed by atoms with Crippen LogP contribution in [0.15, 0.2) is 21.5 Å². The predicted molar refractivity (Wildman–Crippen MR) is 80.0 cm³/mol. The van der Waals surface area contributed by atoms with Crippen molar-refractivity contribution in [1.82, 2.24) is 4.72 Å². The fraction of sp³-hybridized carbons (Fsp3) is 0.385. The van der Waals surface area contributed by atoms with E-state index in [0.29, 0.717) is 0 Å². The van der Waals surface area contributed by atoms with Crippen molar-refractivity contribution in [3.05, 3.63) is 28.0 Å². The first-order chi connectivity index (χ1) is 10.1. The summed E-state index contributed by atoms with van der Waals surface area (Å²) in [5.41, 5.74) is -0.0617. The SMILES string of the molecule is CC(C)C[C@@H](NS(=O)(=O)c1cc(Br)c(C#N)cc1F)C(=O)O. The van der Waals surface area contributed by atoms with Gasteiger partial charge in [0, 0.05) is 4.47 Å². The molecule has 0 heterocycles. The lowest BCUT2D eigenvalue weighted by Gasteiger charge is -2.17. The van der Waals surface area contributed by atoms with E-state index in [-0.39, 0.29) is 22.4 Å². The number of carbonyl (C=O) groups is 1. The third kappa shape index (κ3) is 4.50. The van der Waals surface area contributed by atoms with Crippen molar-refractivity contribution in [1.29, 1.82) is 5.26 Å². The van der Waals surface area contributed by atoms with Gasteiger partial charge in [0.15, 0.2) is 0 Å². The molecule has 0 unspecified atom stereocenters. The van der Waals surface area contributed by atoms with Crippen LogP contribution < -0.4 is 4.72 Å². The molecule has 1 aromatic carbocycles. The summed E-state index contributed by atoms with van der Waals surface area (Å²) >= 11 is 2.97.